The van der Waals surface area contributed by atoms with Gasteiger partial charge in [0.05, 0.1) is 18.3 Å². The molecule has 0 aliphatic carbocycles. The van der Waals surface area contributed by atoms with Crippen molar-refractivity contribution < 1.29 is 0 Å². The quantitative estimate of drug-likeness (QED) is 0.902. The van der Waals surface area contributed by atoms with Gasteiger partial charge in [-0.2, -0.15) is 0 Å². The lowest BCUT2D eigenvalue weighted by molar-refractivity contribution is 0.347. The van der Waals surface area contributed by atoms with E-state index in [4.69, 9.17) is 0 Å². The largest absolute Gasteiger partial charge is 0.379 e. The highest BCUT2D eigenvalue weighted by molar-refractivity contribution is 5.50. The molecule has 1 heterocycles. The first-order valence-corrected chi connectivity index (χ1v) is 6.18. The second kappa shape index (κ2) is 4.80. The van der Waals surface area contributed by atoms with Gasteiger partial charge in [0, 0.05) is 5.69 Å². The lowest BCUT2D eigenvalue weighted by Crippen LogP contribution is -2.22. The molecule has 0 atom stereocenters. The Labute approximate surface area is 108 Å². The van der Waals surface area contributed by atoms with Gasteiger partial charge < -0.3 is 5.32 Å². The molecular weight excluding hydrogens is 224 g/mol. The molecule has 0 bridgehead atoms. The van der Waals surface area contributed by atoms with Gasteiger partial charge in [0.1, 0.15) is 5.69 Å². The van der Waals surface area contributed by atoms with E-state index in [2.05, 4.69) is 55.5 Å². The van der Waals surface area contributed by atoms with Gasteiger partial charge in [0.2, 0.25) is 0 Å². The Morgan fingerprint density at radius 2 is 1.94 bits per heavy atom. The van der Waals surface area contributed by atoms with Crippen molar-refractivity contribution in [2.45, 2.75) is 39.8 Å². The summed E-state index contributed by atoms with van der Waals surface area (Å²) in [5.74, 6) is 0. The number of nitrogens with one attached hydrogen (secondary N) is 1. The summed E-state index contributed by atoms with van der Waals surface area (Å²) in [6.07, 6.45) is 1.99. The minimum atomic E-state index is -0.0199. The molecule has 18 heavy (non-hydrogen) atoms. The summed E-state index contributed by atoms with van der Waals surface area (Å²) in [7, 11) is 0. The molecular formula is C14H20N4. The van der Waals surface area contributed by atoms with Crippen molar-refractivity contribution in [3.63, 3.8) is 0 Å². The molecule has 4 nitrogen and oxygen atoms in total. The Hall–Kier alpha value is -1.84. The summed E-state index contributed by atoms with van der Waals surface area (Å²) in [5.41, 5.74) is 3.31. The molecule has 2 aromatic rings. The van der Waals surface area contributed by atoms with Gasteiger partial charge in [-0.15, -0.1) is 5.10 Å². The van der Waals surface area contributed by atoms with E-state index >= 15 is 0 Å². The van der Waals surface area contributed by atoms with Crippen molar-refractivity contribution in [3.05, 3.63) is 41.7 Å². The summed E-state index contributed by atoms with van der Waals surface area (Å²) in [4.78, 5) is 0. The summed E-state index contributed by atoms with van der Waals surface area (Å²) in [6.45, 7) is 9.12. The van der Waals surface area contributed by atoms with E-state index in [0.717, 1.165) is 11.4 Å². The van der Waals surface area contributed by atoms with Crippen molar-refractivity contribution >= 4 is 5.69 Å². The fourth-order valence-electron chi connectivity index (χ4n) is 1.66. The Balaban J connectivity index is 2.03. The van der Waals surface area contributed by atoms with Crippen LogP contribution in [0.1, 0.15) is 32.0 Å². The molecule has 0 saturated carbocycles. The molecule has 4 heteroatoms. The monoisotopic (exact) mass is 244 g/mol. The molecule has 1 aromatic heterocycles. The number of hydrogen-bond donors (Lipinski definition) is 1. The van der Waals surface area contributed by atoms with E-state index < -0.39 is 0 Å². The van der Waals surface area contributed by atoms with E-state index in [9.17, 15) is 0 Å². The summed E-state index contributed by atoms with van der Waals surface area (Å²) in [6, 6.07) is 8.23. The van der Waals surface area contributed by atoms with Crippen molar-refractivity contribution in [1.29, 1.82) is 0 Å². The molecule has 0 fully saturated rings. The highest BCUT2D eigenvalue weighted by Crippen LogP contribution is 2.15. The van der Waals surface area contributed by atoms with Crippen LogP contribution in [-0.2, 0) is 12.1 Å². The van der Waals surface area contributed by atoms with Crippen LogP contribution in [-0.4, -0.2) is 15.0 Å². The van der Waals surface area contributed by atoms with Crippen molar-refractivity contribution in [2.24, 2.45) is 0 Å². The van der Waals surface area contributed by atoms with Crippen LogP contribution in [0.15, 0.2) is 30.5 Å². The minimum Gasteiger partial charge on any atom is -0.379 e. The van der Waals surface area contributed by atoms with Crippen LogP contribution >= 0.6 is 0 Å². The van der Waals surface area contributed by atoms with Gasteiger partial charge in [-0.25, -0.2) is 4.68 Å². The van der Waals surface area contributed by atoms with Crippen LogP contribution < -0.4 is 5.32 Å². The molecule has 0 spiro atoms. The third-order valence-corrected chi connectivity index (χ3v) is 2.83. The number of para-hydroxylation sites is 1. The molecule has 0 amide bonds. The van der Waals surface area contributed by atoms with E-state index in [1.165, 1.54) is 5.56 Å². The van der Waals surface area contributed by atoms with Crippen LogP contribution in [0.25, 0.3) is 0 Å². The van der Waals surface area contributed by atoms with Gasteiger partial charge in [0.25, 0.3) is 0 Å². The first kappa shape index (κ1) is 12.6. The lowest BCUT2D eigenvalue weighted by Gasteiger charge is -2.17. The Morgan fingerprint density at radius 1 is 1.22 bits per heavy atom. The molecule has 96 valence electrons. The van der Waals surface area contributed by atoms with Crippen molar-refractivity contribution in [1.82, 2.24) is 15.0 Å². The van der Waals surface area contributed by atoms with E-state index in [1.54, 1.807) is 0 Å². The van der Waals surface area contributed by atoms with Gasteiger partial charge in [-0.3, -0.25) is 0 Å². The van der Waals surface area contributed by atoms with Crippen molar-refractivity contribution in [3.8, 4) is 0 Å². The first-order chi connectivity index (χ1) is 8.47. The Bertz CT molecular complexity index is 523. The summed E-state index contributed by atoms with van der Waals surface area (Å²) < 4.78 is 1.89. The fourth-order valence-corrected chi connectivity index (χ4v) is 1.66. The number of aromatic nitrogens is 3. The maximum Gasteiger partial charge on any atom is 0.102 e. The predicted octanol–water partition coefficient (Wildman–Crippen LogP) is 2.95. The predicted molar refractivity (Wildman–Crippen MR) is 73.5 cm³/mol. The molecule has 0 saturated heterocycles. The number of aryl methyl sites for hydroxylation is 1. The average Bonchev–Trinajstić information content (AvgIpc) is 2.76. The SMILES string of the molecule is Cc1ccccc1NCc1cn(C(C)(C)C)nn1. The van der Waals surface area contributed by atoms with Crippen LogP contribution in [0.2, 0.25) is 0 Å². The minimum absolute atomic E-state index is 0.0199. The third kappa shape index (κ3) is 2.88. The van der Waals surface area contributed by atoms with Gasteiger partial charge in [-0.1, -0.05) is 23.4 Å². The zero-order chi connectivity index (χ0) is 13.2. The van der Waals surface area contributed by atoms with Gasteiger partial charge in [-0.05, 0) is 39.3 Å². The zero-order valence-electron chi connectivity index (χ0n) is 11.4. The van der Waals surface area contributed by atoms with Crippen LogP contribution in [0, 0.1) is 6.92 Å². The van der Waals surface area contributed by atoms with E-state index in [0.29, 0.717) is 6.54 Å². The third-order valence-electron chi connectivity index (χ3n) is 2.83. The molecule has 1 aromatic carbocycles. The number of benzene rings is 1. The molecule has 0 aliphatic rings. The molecule has 0 unspecified atom stereocenters. The highest BCUT2D eigenvalue weighted by atomic mass is 15.4. The molecule has 2 rings (SSSR count). The number of anilines is 1. The summed E-state index contributed by atoms with van der Waals surface area (Å²) >= 11 is 0. The average molecular weight is 244 g/mol. The van der Waals surface area contributed by atoms with Crippen LogP contribution in [0.4, 0.5) is 5.69 Å². The second-order valence-electron chi connectivity index (χ2n) is 5.49. The maximum absolute atomic E-state index is 4.18. The van der Waals surface area contributed by atoms with Crippen molar-refractivity contribution in [2.75, 3.05) is 5.32 Å². The molecule has 0 radical (unpaired) electrons. The zero-order valence-corrected chi connectivity index (χ0v) is 11.4. The summed E-state index contributed by atoms with van der Waals surface area (Å²) in [5, 5.41) is 11.7. The van der Waals surface area contributed by atoms with E-state index in [-0.39, 0.29) is 5.54 Å². The molecule has 1 N–H and O–H groups in total. The number of nitrogens with zero attached hydrogens (tertiary/aromatic N) is 3. The number of rotatable bonds is 3. The standard InChI is InChI=1S/C14H20N4/c1-11-7-5-6-8-13(11)15-9-12-10-18(17-16-12)14(2,3)4/h5-8,10,15H,9H2,1-4H3. The Morgan fingerprint density at radius 3 is 2.56 bits per heavy atom. The highest BCUT2D eigenvalue weighted by Gasteiger charge is 2.14. The smallest absolute Gasteiger partial charge is 0.102 e. The van der Waals surface area contributed by atoms with Crippen LogP contribution in [0.3, 0.4) is 0 Å². The maximum atomic E-state index is 4.18. The Kier molecular flexibility index (Phi) is 3.36. The number of hydrogen-bond acceptors (Lipinski definition) is 3. The van der Waals surface area contributed by atoms with Gasteiger partial charge in [0.15, 0.2) is 0 Å². The molecule has 0 aliphatic heterocycles. The topological polar surface area (TPSA) is 42.7 Å². The normalized spacial score (nSPS) is 11.6. The fraction of sp³-hybridized carbons (Fsp3) is 0.429. The first-order valence-electron chi connectivity index (χ1n) is 6.18. The van der Waals surface area contributed by atoms with E-state index in [1.807, 2.05) is 23.0 Å². The van der Waals surface area contributed by atoms with Gasteiger partial charge >= 0.3 is 0 Å². The second-order valence-corrected chi connectivity index (χ2v) is 5.49. The van der Waals surface area contributed by atoms with Crippen LogP contribution in [0.5, 0.6) is 0 Å². The lowest BCUT2D eigenvalue weighted by atomic mass is 10.1.